The first-order valence-electron chi connectivity index (χ1n) is 7.01. The van der Waals surface area contributed by atoms with Gasteiger partial charge in [-0.2, -0.15) is 4.31 Å². The maximum absolute atomic E-state index is 12.7. The maximum atomic E-state index is 12.7. The highest BCUT2D eigenvalue weighted by Crippen LogP contribution is 2.26. The van der Waals surface area contributed by atoms with Crippen LogP contribution in [0.3, 0.4) is 0 Å². The van der Waals surface area contributed by atoms with Crippen LogP contribution in [0.15, 0.2) is 29.2 Å². The SMILES string of the molecule is C[C@H](N)[C@H]1CCCCN1S(=O)(=O)c1ccc(C(N)=O)cc1. The van der Waals surface area contributed by atoms with E-state index in [0.717, 1.165) is 19.3 Å². The lowest BCUT2D eigenvalue weighted by molar-refractivity contribution is 0.1000. The molecular formula is C14H21N3O3S. The van der Waals surface area contributed by atoms with Gasteiger partial charge in [0.2, 0.25) is 15.9 Å². The molecule has 0 unspecified atom stereocenters. The van der Waals surface area contributed by atoms with Gasteiger partial charge in [-0.15, -0.1) is 0 Å². The topological polar surface area (TPSA) is 106 Å². The fourth-order valence-electron chi connectivity index (χ4n) is 2.68. The number of hydrogen-bond donors (Lipinski definition) is 2. The fourth-order valence-corrected chi connectivity index (χ4v) is 4.46. The number of piperidine rings is 1. The average molecular weight is 311 g/mol. The van der Waals surface area contributed by atoms with Gasteiger partial charge in [0.05, 0.1) is 4.90 Å². The van der Waals surface area contributed by atoms with E-state index in [1.54, 1.807) is 0 Å². The van der Waals surface area contributed by atoms with Crippen LogP contribution < -0.4 is 11.5 Å². The third-order valence-corrected chi connectivity index (χ3v) is 5.79. The van der Waals surface area contributed by atoms with E-state index in [4.69, 9.17) is 11.5 Å². The van der Waals surface area contributed by atoms with Crippen LogP contribution in [0, 0.1) is 0 Å². The van der Waals surface area contributed by atoms with Crippen molar-refractivity contribution < 1.29 is 13.2 Å². The van der Waals surface area contributed by atoms with E-state index in [1.165, 1.54) is 28.6 Å². The Kier molecular flexibility index (Phi) is 4.65. The van der Waals surface area contributed by atoms with E-state index in [-0.39, 0.29) is 22.5 Å². The molecule has 1 aliphatic rings. The number of amides is 1. The highest BCUT2D eigenvalue weighted by atomic mass is 32.2. The Labute approximate surface area is 125 Å². The Morgan fingerprint density at radius 3 is 2.43 bits per heavy atom. The molecule has 1 aliphatic heterocycles. The summed E-state index contributed by atoms with van der Waals surface area (Å²) < 4.78 is 27.0. The standard InChI is InChI=1S/C14H21N3O3S/c1-10(15)13-4-2-3-9-17(13)21(19,20)12-7-5-11(6-8-12)14(16)18/h5-8,10,13H,2-4,9,15H2,1H3,(H2,16,18)/t10-,13+/m0/s1. The highest BCUT2D eigenvalue weighted by molar-refractivity contribution is 7.89. The summed E-state index contributed by atoms with van der Waals surface area (Å²) in [5.41, 5.74) is 11.4. The number of nitrogens with two attached hydrogens (primary N) is 2. The van der Waals surface area contributed by atoms with E-state index < -0.39 is 15.9 Å². The molecule has 1 saturated heterocycles. The first kappa shape index (κ1) is 15.9. The van der Waals surface area contributed by atoms with Crippen molar-refractivity contribution in [1.29, 1.82) is 0 Å². The smallest absolute Gasteiger partial charge is 0.248 e. The summed E-state index contributed by atoms with van der Waals surface area (Å²) in [5, 5.41) is 0. The number of carbonyl (C=O) groups excluding carboxylic acids is 1. The molecule has 0 spiro atoms. The molecule has 0 aliphatic carbocycles. The molecule has 1 amide bonds. The molecule has 0 bridgehead atoms. The van der Waals surface area contributed by atoms with Gasteiger partial charge < -0.3 is 11.5 Å². The summed E-state index contributed by atoms with van der Waals surface area (Å²) in [6, 6.07) is 5.30. The Hall–Kier alpha value is -1.44. The molecule has 7 heteroatoms. The van der Waals surface area contributed by atoms with Crippen molar-refractivity contribution in [2.24, 2.45) is 11.5 Å². The van der Waals surface area contributed by atoms with Crippen molar-refractivity contribution in [2.45, 2.75) is 43.2 Å². The van der Waals surface area contributed by atoms with Crippen LogP contribution in [0.4, 0.5) is 0 Å². The minimum atomic E-state index is -3.60. The maximum Gasteiger partial charge on any atom is 0.248 e. The molecule has 116 valence electrons. The normalized spacial score (nSPS) is 21.9. The van der Waals surface area contributed by atoms with Gasteiger partial charge in [0.1, 0.15) is 0 Å². The van der Waals surface area contributed by atoms with Crippen molar-refractivity contribution in [3.8, 4) is 0 Å². The molecule has 1 fully saturated rings. The van der Waals surface area contributed by atoms with E-state index >= 15 is 0 Å². The Bertz CT molecular complexity index is 611. The van der Waals surface area contributed by atoms with E-state index in [2.05, 4.69) is 0 Å². The van der Waals surface area contributed by atoms with Crippen molar-refractivity contribution in [2.75, 3.05) is 6.54 Å². The quantitative estimate of drug-likeness (QED) is 0.852. The van der Waals surface area contributed by atoms with E-state index in [1.807, 2.05) is 6.92 Å². The molecule has 1 heterocycles. The predicted octanol–water partition coefficient (Wildman–Crippen LogP) is 0.676. The van der Waals surface area contributed by atoms with E-state index in [0.29, 0.717) is 6.54 Å². The Morgan fingerprint density at radius 2 is 1.90 bits per heavy atom. The van der Waals surface area contributed by atoms with Gasteiger partial charge >= 0.3 is 0 Å². The van der Waals surface area contributed by atoms with Gasteiger partial charge in [-0.05, 0) is 44.0 Å². The van der Waals surface area contributed by atoms with Gasteiger partial charge in [0.15, 0.2) is 0 Å². The molecule has 0 aromatic heterocycles. The van der Waals surface area contributed by atoms with Crippen molar-refractivity contribution in [3.63, 3.8) is 0 Å². The van der Waals surface area contributed by atoms with Crippen LogP contribution in [-0.2, 0) is 10.0 Å². The molecule has 0 saturated carbocycles. The van der Waals surface area contributed by atoms with Gasteiger partial charge in [-0.3, -0.25) is 4.79 Å². The summed E-state index contributed by atoms with van der Waals surface area (Å²) in [6.45, 7) is 2.31. The minimum Gasteiger partial charge on any atom is -0.366 e. The van der Waals surface area contributed by atoms with Crippen LogP contribution in [0.2, 0.25) is 0 Å². The zero-order valence-corrected chi connectivity index (χ0v) is 12.8. The highest BCUT2D eigenvalue weighted by Gasteiger charge is 2.35. The van der Waals surface area contributed by atoms with Gasteiger partial charge in [-0.25, -0.2) is 8.42 Å². The molecule has 1 aromatic rings. The summed E-state index contributed by atoms with van der Waals surface area (Å²) in [5.74, 6) is -0.578. The molecule has 6 nitrogen and oxygen atoms in total. The van der Waals surface area contributed by atoms with Gasteiger partial charge in [0.25, 0.3) is 0 Å². The van der Waals surface area contributed by atoms with Gasteiger partial charge in [0, 0.05) is 24.2 Å². The number of rotatable bonds is 4. The van der Waals surface area contributed by atoms with Crippen molar-refractivity contribution in [1.82, 2.24) is 4.31 Å². The third-order valence-electron chi connectivity index (χ3n) is 3.85. The first-order valence-corrected chi connectivity index (χ1v) is 8.45. The van der Waals surface area contributed by atoms with Crippen LogP contribution in [-0.4, -0.2) is 37.3 Å². The van der Waals surface area contributed by atoms with Crippen molar-refractivity contribution >= 4 is 15.9 Å². The average Bonchev–Trinajstić information content (AvgIpc) is 2.47. The molecule has 21 heavy (non-hydrogen) atoms. The van der Waals surface area contributed by atoms with Crippen LogP contribution in [0.1, 0.15) is 36.5 Å². The number of carbonyl (C=O) groups is 1. The van der Waals surface area contributed by atoms with Crippen LogP contribution >= 0.6 is 0 Å². The lowest BCUT2D eigenvalue weighted by Crippen LogP contribution is -2.51. The van der Waals surface area contributed by atoms with E-state index in [9.17, 15) is 13.2 Å². The van der Waals surface area contributed by atoms with Crippen molar-refractivity contribution in [3.05, 3.63) is 29.8 Å². The Morgan fingerprint density at radius 1 is 1.29 bits per heavy atom. The molecule has 0 radical (unpaired) electrons. The lowest BCUT2D eigenvalue weighted by atomic mass is 10.00. The largest absolute Gasteiger partial charge is 0.366 e. The number of benzene rings is 1. The lowest BCUT2D eigenvalue weighted by Gasteiger charge is -2.36. The summed E-state index contributed by atoms with van der Waals surface area (Å²) in [4.78, 5) is 11.2. The number of primary amides is 1. The first-order chi connectivity index (χ1) is 9.84. The zero-order valence-electron chi connectivity index (χ0n) is 12.0. The Balaban J connectivity index is 2.33. The van der Waals surface area contributed by atoms with Crippen LogP contribution in [0.5, 0.6) is 0 Å². The minimum absolute atomic E-state index is 0.167. The fraction of sp³-hybridized carbons (Fsp3) is 0.500. The van der Waals surface area contributed by atoms with Gasteiger partial charge in [-0.1, -0.05) is 6.42 Å². The second kappa shape index (κ2) is 6.13. The summed E-state index contributed by atoms with van der Waals surface area (Å²) in [7, 11) is -3.60. The van der Waals surface area contributed by atoms with Crippen LogP contribution in [0.25, 0.3) is 0 Å². The third kappa shape index (κ3) is 3.25. The second-order valence-electron chi connectivity index (χ2n) is 5.43. The molecule has 1 aromatic carbocycles. The summed E-state index contributed by atoms with van der Waals surface area (Å²) >= 11 is 0. The molecule has 4 N–H and O–H groups in total. The number of sulfonamides is 1. The molecule has 2 rings (SSSR count). The monoisotopic (exact) mass is 311 g/mol. The number of hydrogen-bond acceptors (Lipinski definition) is 4. The zero-order chi connectivity index (χ0) is 15.6. The predicted molar refractivity (Wildman–Crippen MR) is 80.1 cm³/mol. The second-order valence-corrected chi connectivity index (χ2v) is 7.32. The molecule has 2 atom stereocenters. The molecular weight excluding hydrogens is 290 g/mol. The summed E-state index contributed by atoms with van der Waals surface area (Å²) in [6.07, 6.45) is 2.59. The number of nitrogens with zero attached hydrogens (tertiary/aromatic N) is 1.